The van der Waals surface area contributed by atoms with Crippen LogP contribution in [0.4, 0.5) is 16.3 Å². The van der Waals surface area contributed by atoms with E-state index in [1.807, 2.05) is 0 Å². The Morgan fingerprint density at radius 3 is 2.71 bits per heavy atom. The number of aryl methyl sites for hydroxylation is 1. The van der Waals surface area contributed by atoms with E-state index >= 15 is 0 Å². The van der Waals surface area contributed by atoms with E-state index in [4.69, 9.17) is 5.11 Å². The lowest BCUT2D eigenvalue weighted by Gasteiger charge is -2.27. The molecule has 1 saturated heterocycles. The first-order valence-corrected chi connectivity index (χ1v) is 8.50. The fourth-order valence-electron chi connectivity index (χ4n) is 2.09. The molecule has 1 amide bonds. The van der Waals surface area contributed by atoms with Crippen LogP contribution in [0.5, 0.6) is 0 Å². The number of nitrogens with one attached hydrogen (secondary N) is 3. The molecule has 1 aliphatic heterocycles. The van der Waals surface area contributed by atoms with Gasteiger partial charge in [-0.05, 0) is 12.1 Å². The third kappa shape index (κ3) is 3.14. The third-order valence-electron chi connectivity index (χ3n) is 3.50. The van der Waals surface area contributed by atoms with Crippen molar-refractivity contribution in [3.63, 3.8) is 0 Å². The SMILES string of the molecule is Cn1nnc(-c2ccc(NS(=O)(=O)C3CNC3)cn2)c1NC(=O)O. The second-order valence-electron chi connectivity index (χ2n) is 5.20. The number of rotatable bonds is 5. The lowest BCUT2D eigenvalue weighted by atomic mass is 10.2. The van der Waals surface area contributed by atoms with Crippen LogP contribution in [0.25, 0.3) is 11.4 Å². The molecule has 11 nitrogen and oxygen atoms in total. The Labute approximate surface area is 137 Å². The maximum absolute atomic E-state index is 12.0. The Balaban J connectivity index is 1.81. The van der Waals surface area contributed by atoms with E-state index in [-0.39, 0.29) is 11.5 Å². The molecule has 0 atom stereocenters. The Kier molecular flexibility index (Phi) is 4.07. The fourth-order valence-corrected chi connectivity index (χ4v) is 3.39. The molecule has 0 spiro atoms. The topological polar surface area (TPSA) is 151 Å². The number of amides is 1. The monoisotopic (exact) mass is 353 g/mol. The van der Waals surface area contributed by atoms with E-state index in [9.17, 15) is 13.2 Å². The number of anilines is 2. The predicted molar refractivity (Wildman–Crippen MR) is 85.1 cm³/mol. The molecule has 0 aliphatic carbocycles. The van der Waals surface area contributed by atoms with Gasteiger partial charge in [0.2, 0.25) is 10.0 Å². The molecule has 4 N–H and O–H groups in total. The molecule has 3 heterocycles. The van der Waals surface area contributed by atoms with Crippen molar-refractivity contribution >= 4 is 27.6 Å². The summed E-state index contributed by atoms with van der Waals surface area (Å²) >= 11 is 0. The van der Waals surface area contributed by atoms with Crippen molar-refractivity contribution in [3.05, 3.63) is 18.3 Å². The summed E-state index contributed by atoms with van der Waals surface area (Å²) in [7, 11) is -1.91. The van der Waals surface area contributed by atoms with Gasteiger partial charge in [0.15, 0.2) is 11.5 Å². The van der Waals surface area contributed by atoms with E-state index in [2.05, 4.69) is 30.7 Å². The second kappa shape index (κ2) is 6.05. The van der Waals surface area contributed by atoms with Gasteiger partial charge in [0.25, 0.3) is 0 Å². The zero-order chi connectivity index (χ0) is 17.3. The maximum atomic E-state index is 12.0. The Morgan fingerprint density at radius 1 is 1.42 bits per heavy atom. The van der Waals surface area contributed by atoms with Crippen molar-refractivity contribution in [2.45, 2.75) is 5.25 Å². The van der Waals surface area contributed by atoms with Gasteiger partial charge in [0, 0.05) is 20.1 Å². The Morgan fingerprint density at radius 2 is 2.17 bits per heavy atom. The lowest BCUT2D eigenvalue weighted by Crippen LogP contribution is -2.53. The minimum Gasteiger partial charge on any atom is -0.465 e. The molecule has 0 saturated carbocycles. The van der Waals surface area contributed by atoms with E-state index in [1.54, 1.807) is 0 Å². The number of hydrogen-bond donors (Lipinski definition) is 4. The molecule has 0 aromatic carbocycles. The number of carboxylic acid groups (broad SMARTS) is 1. The molecule has 2 aromatic heterocycles. The molecule has 12 heteroatoms. The first kappa shape index (κ1) is 16.1. The summed E-state index contributed by atoms with van der Waals surface area (Å²) in [6.07, 6.45) is 0.0956. The highest BCUT2D eigenvalue weighted by Crippen LogP contribution is 2.24. The van der Waals surface area contributed by atoms with Gasteiger partial charge in [-0.15, -0.1) is 5.10 Å². The minimum absolute atomic E-state index is 0.170. The smallest absolute Gasteiger partial charge is 0.410 e. The number of carbonyl (C=O) groups is 1. The first-order chi connectivity index (χ1) is 11.4. The van der Waals surface area contributed by atoms with Gasteiger partial charge in [-0.25, -0.2) is 17.9 Å². The summed E-state index contributed by atoms with van der Waals surface area (Å²) in [4.78, 5) is 15.0. The minimum atomic E-state index is -3.45. The lowest BCUT2D eigenvalue weighted by molar-refractivity contribution is 0.209. The molecule has 2 aromatic rings. The summed E-state index contributed by atoms with van der Waals surface area (Å²) in [5, 5.41) is 21.1. The normalized spacial score (nSPS) is 14.9. The van der Waals surface area contributed by atoms with E-state index in [0.29, 0.717) is 24.5 Å². The quantitative estimate of drug-likeness (QED) is 0.571. The number of sulfonamides is 1. The zero-order valence-electron chi connectivity index (χ0n) is 12.6. The third-order valence-corrected chi connectivity index (χ3v) is 5.23. The van der Waals surface area contributed by atoms with Crippen LogP contribution in [0, 0.1) is 0 Å². The molecule has 1 aliphatic rings. The second-order valence-corrected chi connectivity index (χ2v) is 7.16. The van der Waals surface area contributed by atoms with Gasteiger partial charge < -0.3 is 10.4 Å². The molecule has 1 fully saturated rings. The van der Waals surface area contributed by atoms with Gasteiger partial charge in [-0.1, -0.05) is 5.21 Å². The highest BCUT2D eigenvalue weighted by atomic mass is 32.2. The van der Waals surface area contributed by atoms with Crippen molar-refractivity contribution in [2.24, 2.45) is 7.05 Å². The van der Waals surface area contributed by atoms with Crippen molar-refractivity contribution in [2.75, 3.05) is 23.1 Å². The van der Waals surface area contributed by atoms with Crippen LogP contribution < -0.4 is 15.4 Å². The van der Waals surface area contributed by atoms with E-state index in [1.165, 1.54) is 30.1 Å². The molecular weight excluding hydrogens is 338 g/mol. The van der Waals surface area contributed by atoms with Crippen LogP contribution in [-0.4, -0.2) is 57.9 Å². The summed E-state index contributed by atoms with van der Waals surface area (Å²) < 4.78 is 27.8. The first-order valence-electron chi connectivity index (χ1n) is 6.95. The number of nitrogens with zero attached hydrogens (tertiary/aromatic N) is 4. The standard InChI is InChI=1S/C12H15N7O4S/c1-19-11(15-12(20)21)10(16-18-19)9-3-2-7(4-14-9)17-24(22,23)8-5-13-6-8/h2-4,8,13,15,17H,5-6H2,1H3,(H,20,21). The van der Waals surface area contributed by atoms with Gasteiger partial charge >= 0.3 is 6.09 Å². The average molecular weight is 353 g/mol. The summed E-state index contributed by atoms with van der Waals surface area (Å²) in [5.74, 6) is 0.170. The summed E-state index contributed by atoms with van der Waals surface area (Å²) in [5.41, 5.74) is 0.930. The number of hydrogen-bond acceptors (Lipinski definition) is 7. The molecule has 24 heavy (non-hydrogen) atoms. The fraction of sp³-hybridized carbons (Fsp3) is 0.333. The van der Waals surface area contributed by atoms with Gasteiger partial charge in [0.05, 0.1) is 17.6 Å². The highest BCUT2D eigenvalue weighted by molar-refractivity contribution is 7.93. The van der Waals surface area contributed by atoms with Crippen molar-refractivity contribution in [1.29, 1.82) is 0 Å². The number of aromatic nitrogens is 4. The van der Waals surface area contributed by atoms with Crippen LogP contribution in [-0.2, 0) is 17.1 Å². The van der Waals surface area contributed by atoms with Crippen LogP contribution >= 0.6 is 0 Å². The Bertz CT molecular complexity index is 858. The molecule has 128 valence electrons. The van der Waals surface area contributed by atoms with Gasteiger partial charge in [-0.2, -0.15) is 0 Å². The van der Waals surface area contributed by atoms with E-state index in [0.717, 1.165) is 0 Å². The molecular formula is C12H15N7O4S. The number of pyridine rings is 1. The predicted octanol–water partition coefficient (Wildman–Crippen LogP) is -0.319. The Hall–Kier alpha value is -2.73. The summed E-state index contributed by atoms with van der Waals surface area (Å²) in [6, 6.07) is 3.07. The van der Waals surface area contributed by atoms with E-state index < -0.39 is 21.4 Å². The van der Waals surface area contributed by atoms with Gasteiger partial charge in [-0.3, -0.25) is 15.0 Å². The van der Waals surface area contributed by atoms with Crippen LogP contribution in [0.2, 0.25) is 0 Å². The van der Waals surface area contributed by atoms with Crippen molar-refractivity contribution < 1.29 is 18.3 Å². The van der Waals surface area contributed by atoms with Crippen LogP contribution in [0.3, 0.4) is 0 Å². The molecule has 0 bridgehead atoms. The highest BCUT2D eigenvalue weighted by Gasteiger charge is 2.31. The van der Waals surface area contributed by atoms with Gasteiger partial charge in [0.1, 0.15) is 5.25 Å². The zero-order valence-corrected chi connectivity index (χ0v) is 13.4. The molecule has 3 rings (SSSR count). The largest absolute Gasteiger partial charge is 0.465 e. The molecule has 0 radical (unpaired) electrons. The molecule has 0 unspecified atom stereocenters. The van der Waals surface area contributed by atoms with Crippen molar-refractivity contribution in [3.8, 4) is 11.4 Å². The maximum Gasteiger partial charge on any atom is 0.410 e. The van der Waals surface area contributed by atoms with Crippen LogP contribution in [0.15, 0.2) is 18.3 Å². The van der Waals surface area contributed by atoms with Crippen LogP contribution in [0.1, 0.15) is 0 Å². The summed E-state index contributed by atoms with van der Waals surface area (Å²) in [6.45, 7) is 0.843. The average Bonchev–Trinajstić information content (AvgIpc) is 2.77. The van der Waals surface area contributed by atoms with Crippen molar-refractivity contribution in [1.82, 2.24) is 25.3 Å².